The Morgan fingerprint density at radius 1 is 1.16 bits per heavy atom. The quantitative estimate of drug-likeness (QED) is 0.828. The molecule has 0 radical (unpaired) electrons. The molecule has 0 spiro atoms. The molecule has 1 amide bonds. The lowest BCUT2D eigenvalue weighted by atomic mass is 10.2. The van der Waals surface area contributed by atoms with Gasteiger partial charge in [0.1, 0.15) is 11.6 Å². The van der Waals surface area contributed by atoms with Crippen LogP contribution in [0.2, 0.25) is 0 Å². The first-order chi connectivity index (χ1) is 12.1. The minimum Gasteiger partial charge on any atom is -0.354 e. The molecule has 1 N–H and O–H groups in total. The van der Waals surface area contributed by atoms with Gasteiger partial charge in [-0.25, -0.2) is 9.37 Å². The normalized spacial score (nSPS) is 15.2. The van der Waals surface area contributed by atoms with Gasteiger partial charge in [0, 0.05) is 49.8 Å². The van der Waals surface area contributed by atoms with Crippen molar-refractivity contribution in [3.63, 3.8) is 0 Å². The standard InChI is InChI=1S/C18H20BrFN4O/c19-14-5-6-17(21-13-14)24-11-9-23(10-12-24)8-7-18(25)22-16-4-2-1-3-15(16)20/h1-6,13H,7-12H2,(H,22,25). The van der Waals surface area contributed by atoms with Crippen LogP contribution in [0.15, 0.2) is 47.1 Å². The highest BCUT2D eigenvalue weighted by atomic mass is 79.9. The number of nitrogens with zero attached hydrogens (tertiary/aromatic N) is 3. The molecule has 1 fully saturated rings. The van der Waals surface area contributed by atoms with E-state index in [2.05, 4.69) is 36.0 Å². The van der Waals surface area contributed by atoms with E-state index >= 15 is 0 Å². The van der Waals surface area contributed by atoms with Gasteiger partial charge in [-0.1, -0.05) is 12.1 Å². The molecule has 25 heavy (non-hydrogen) atoms. The Balaban J connectivity index is 1.42. The summed E-state index contributed by atoms with van der Waals surface area (Å²) in [5.41, 5.74) is 0.235. The molecule has 1 saturated heterocycles. The highest BCUT2D eigenvalue weighted by molar-refractivity contribution is 9.10. The molecule has 0 bridgehead atoms. The maximum Gasteiger partial charge on any atom is 0.225 e. The van der Waals surface area contributed by atoms with Crippen LogP contribution in [0.1, 0.15) is 6.42 Å². The first kappa shape index (κ1) is 17.8. The lowest BCUT2D eigenvalue weighted by Gasteiger charge is -2.35. The molecule has 0 unspecified atom stereocenters. The second kappa shape index (κ2) is 8.40. The van der Waals surface area contributed by atoms with Gasteiger partial charge in [-0.2, -0.15) is 0 Å². The fourth-order valence-electron chi connectivity index (χ4n) is 2.79. The molecular formula is C18H20BrFN4O. The molecule has 0 atom stereocenters. The molecule has 0 saturated carbocycles. The first-order valence-corrected chi connectivity index (χ1v) is 9.04. The van der Waals surface area contributed by atoms with Crippen LogP contribution in [0, 0.1) is 5.82 Å². The number of nitrogens with one attached hydrogen (secondary N) is 1. The molecule has 2 heterocycles. The van der Waals surface area contributed by atoms with Crippen molar-refractivity contribution in [2.24, 2.45) is 0 Å². The minimum atomic E-state index is -0.411. The van der Waals surface area contributed by atoms with Crippen LogP contribution in [0.3, 0.4) is 0 Å². The number of carbonyl (C=O) groups excluding carboxylic acids is 1. The number of benzene rings is 1. The maximum atomic E-state index is 13.5. The number of pyridine rings is 1. The number of carbonyl (C=O) groups is 1. The minimum absolute atomic E-state index is 0.165. The molecule has 3 rings (SSSR count). The second-order valence-electron chi connectivity index (χ2n) is 5.94. The molecule has 7 heteroatoms. The zero-order valence-corrected chi connectivity index (χ0v) is 15.4. The predicted octanol–water partition coefficient (Wildman–Crippen LogP) is 3.13. The Bertz CT molecular complexity index is 717. The third-order valence-electron chi connectivity index (χ3n) is 4.21. The van der Waals surface area contributed by atoms with Crippen molar-refractivity contribution >= 4 is 33.3 Å². The van der Waals surface area contributed by atoms with E-state index in [0.717, 1.165) is 36.5 Å². The van der Waals surface area contributed by atoms with E-state index in [1.807, 2.05) is 12.1 Å². The van der Waals surface area contributed by atoms with Crippen LogP contribution in [0.5, 0.6) is 0 Å². The molecule has 5 nitrogen and oxygen atoms in total. The van der Waals surface area contributed by atoms with E-state index in [-0.39, 0.29) is 11.6 Å². The van der Waals surface area contributed by atoms with Gasteiger partial charge in [-0.3, -0.25) is 9.69 Å². The average molecular weight is 407 g/mol. The highest BCUT2D eigenvalue weighted by Crippen LogP contribution is 2.17. The summed E-state index contributed by atoms with van der Waals surface area (Å²) in [6.45, 7) is 4.18. The summed E-state index contributed by atoms with van der Waals surface area (Å²) in [6.07, 6.45) is 2.15. The Morgan fingerprint density at radius 2 is 1.92 bits per heavy atom. The summed E-state index contributed by atoms with van der Waals surface area (Å²) in [7, 11) is 0. The third-order valence-corrected chi connectivity index (χ3v) is 4.68. The van der Waals surface area contributed by atoms with Crippen LogP contribution in [0.25, 0.3) is 0 Å². The van der Waals surface area contributed by atoms with Gasteiger partial charge in [-0.15, -0.1) is 0 Å². The molecule has 132 valence electrons. The van der Waals surface area contributed by atoms with Gasteiger partial charge in [-0.05, 0) is 40.2 Å². The van der Waals surface area contributed by atoms with E-state index in [9.17, 15) is 9.18 Å². The van der Waals surface area contributed by atoms with Crippen molar-refractivity contribution in [3.05, 3.63) is 52.9 Å². The zero-order chi connectivity index (χ0) is 17.6. The molecule has 1 aliphatic rings. The van der Waals surface area contributed by atoms with Crippen molar-refractivity contribution in [3.8, 4) is 0 Å². The third kappa shape index (κ3) is 4.99. The van der Waals surface area contributed by atoms with E-state index in [1.165, 1.54) is 6.07 Å². The van der Waals surface area contributed by atoms with Gasteiger partial charge in [0.25, 0.3) is 0 Å². The number of halogens is 2. The summed E-state index contributed by atoms with van der Waals surface area (Å²) in [5, 5.41) is 2.62. The summed E-state index contributed by atoms with van der Waals surface area (Å²) < 4.78 is 14.5. The summed E-state index contributed by atoms with van der Waals surface area (Å²) in [4.78, 5) is 20.9. The number of rotatable bonds is 5. The van der Waals surface area contributed by atoms with Crippen LogP contribution >= 0.6 is 15.9 Å². The van der Waals surface area contributed by atoms with Gasteiger partial charge in [0.2, 0.25) is 5.91 Å². The number of aromatic nitrogens is 1. The van der Waals surface area contributed by atoms with Crippen molar-refractivity contribution in [2.75, 3.05) is 42.9 Å². The van der Waals surface area contributed by atoms with Crippen molar-refractivity contribution in [1.29, 1.82) is 0 Å². The van der Waals surface area contributed by atoms with Gasteiger partial charge < -0.3 is 10.2 Å². The van der Waals surface area contributed by atoms with Crippen molar-refractivity contribution in [1.82, 2.24) is 9.88 Å². The second-order valence-corrected chi connectivity index (χ2v) is 6.86. The van der Waals surface area contributed by atoms with E-state index in [1.54, 1.807) is 24.4 Å². The lowest BCUT2D eigenvalue weighted by molar-refractivity contribution is -0.116. The van der Waals surface area contributed by atoms with Crippen molar-refractivity contribution < 1.29 is 9.18 Å². The molecule has 1 aromatic heterocycles. The fraction of sp³-hybridized carbons (Fsp3) is 0.333. The van der Waals surface area contributed by atoms with E-state index in [0.29, 0.717) is 13.0 Å². The van der Waals surface area contributed by atoms with Crippen LogP contribution in [-0.4, -0.2) is 48.5 Å². The number of para-hydroxylation sites is 1. The molecule has 1 aromatic carbocycles. The molecule has 2 aromatic rings. The summed E-state index contributed by atoms with van der Waals surface area (Å²) in [5.74, 6) is 0.397. The highest BCUT2D eigenvalue weighted by Gasteiger charge is 2.18. The van der Waals surface area contributed by atoms with Crippen LogP contribution in [-0.2, 0) is 4.79 Å². The topological polar surface area (TPSA) is 48.5 Å². The largest absolute Gasteiger partial charge is 0.354 e. The van der Waals surface area contributed by atoms with Crippen LogP contribution in [0.4, 0.5) is 15.9 Å². The molecule has 1 aliphatic heterocycles. The maximum absolute atomic E-state index is 13.5. The first-order valence-electron chi connectivity index (χ1n) is 8.25. The number of amides is 1. The molecule has 0 aliphatic carbocycles. The van der Waals surface area contributed by atoms with E-state index in [4.69, 9.17) is 0 Å². The monoisotopic (exact) mass is 406 g/mol. The molecular weight excluding hydrogens is 387 g/mol. The SMILES string of the molecule is O=C(CCN1CCN(c2ccc(Br)cn2)CC1)Nc1ccccc1F. The number of hydrogen-bond donors (Lipinski definition) is 1. The Labute approximate surface area is 155 Å². The van der Waals surface area contributed by atoms with Gasteiger partial charge in [0.05, 0.1) is 5.69 Å². The fourth-order valence-corrected chi connectivity index (χ4v) is 3.03. The van der Waals surface area contributed by atoms with Gasteiger partial charge >= 0.3 is 0 Å². The number of piperazine rings is 1. The Hall–Kier alpha value is -1.99. The number of anilines is 2. The average Bonchev–Trinajstić information content (AvgIpc) is 2.63. The Morgan fingerprint density at radius 3 is 2.60 bits per heavy atom. The predicted molar refractivity (Wildman–Crippen MR) is 100 cm³/mol. The van der Waals surface area contributed by atoms with Crippen LogP contribution < -0.4 is 10.2 Å². The summed E-state index contributed by atoms with van der Waals surface area (Å²) in [6, 6.07) is 10.2. The zero-order valence-electron chi connectivity index (χ0n) is 13.8. The summed E-state index contributed by atoms with van der Waals surface area (Å²) >= 11 is 3.39. The van der Waals surface area contributed by atoms with Crippen molar-refractivity contribution in [2.45, 2.75) is 6.42 Å². The lowest BCUT2D eigenvalue weighted by Crippen LogP contribution is -2.47. The smallest absolute Gasteiger partial charge is 0.225 e. The number of hydrogen-bond acceptors (Lipinski definition) is 4. The van der Waals surface area contributed by atoms with Gasteiger partial charge in [0.15, 0.2) is 0 Å². The Kier molecular flexibility index (Phi) is 5.99. The van der Waals surface area contributed by atoms with E-state index < -0.39 is 5.82 Å².